The van der Waals surface area contributed by atoms with Gasteiger partial charge in [0.25, 0.3) is 7.37 Å². The van der Waals surface area contributed by atoms with Crippen molar-refractivity contribution < 1.29 is 66.9 Å². The molecule has 1 aliphatic heterocycles. The molecule has 4 aromatic rings. The maximum Gasteiger partial charge on any atom is 0.508 e. The molecule has 16 heteroatoms. The quantitative estimate of drug-likeness (QED) is 0.0124. The van der Waals surface area contributed by atoms with E-state index in [0.717, 1.165) is 82.6 Å². The van der Waals surface area contributed by atoms with Crippen LogP contribution in [0.5, 0.6) is 0 Å². The molecule has 1 aliphatic rings. The third-order valence-corrected chi connectivity index (χ3v) is 19.6. The number of hydrogen-bond acceptors (Lipinski definition) is 14. The molecular weight excluding hydrogens is 1170 g/mol. The van der Waals surface area contributed by atoms with E-state index in [4.69, 9.17) is 32.9 Å². The van der Waals surface area contributed by atoms with Crippen molar-refractivity contribution in [1.82, 2.24) is 5.32 Å². The lowest BCUT2D eigenvalue weighted by Crippen LogP contribution is -2.74. The molecule has 506 valence electrons. The summed E-state index contributed by atoms with van der Waals surface area (Å²) in [5.41, 5.74) is -1.43. The number of esters is 2. The van der Waals surface area contributed by atoms with Gasteiger partial charge >= 0.3 is 18.1 Å². The van der Waals surface area contributed by atoms with Crippen molar-refractivity contribution in [3.63, 3.8) is 0 Å². The highest BCUT2D eigenvalue weighted by atomic mass is 31.2. The Bertz CT molecular complexity index is 2550. The van der Waals surface area contributed by atoms with Gasteiger partial charge in [-0.15, -0.1) is 0 Å². The standard InChI is InChI=1S/C75H112NO14P/c1-4-7-10-13-16-19-20-23-26-29-44-55-69(78)87-64(50-39-28-25-22-18-15-12-9-6-3)57-70(79)89-72-71(90-91(83,65-51-40-32-41-52-65)66-53-42-33-43-54-66)67(60-86-74(81)85-59-62-47-36-31-37-48-62)88-73(80)75(72,82)76-68(77)56-63(84-58-61-45-34-30-35-46-61)49-38-27-24-21-17-14-11-8-5-2/h30-37,40-43,45-48,51-54,63-64,67,71-73,80,82H,4-29,38-39,44,49-50,55-60H2,1-3H3,(H,76,77)/t63-,64-,67-,71-,72+,73+,75-/m1/s1. The van der Waals surface area contributed by atoms with Crippen molar-refractivity contribution in [2.24, 2.45) is 0 Å². The normalized spacial score (nSPS) is 18.0. The molecule has 0 aromatic heterocycles. The number of rotatable bonds is 50. The van der Waals surface area contributed by atoms with Crippen molar-refractivity contribution in [3.8, 4) is 0 Å². The van der Waals surface area contributed by atoms with Crippen LogP contribution < -0.4 is 15.9 Å². The Labute approximate surface area is 545 Å². The number of aliphatic hydroxyl groups is 2. The number of amides is 1. The van der Waals surface area contributed by atoms with Gasteiger partial charge in [0.15, 0.2) is 6.10 Å². The highest BCUT2D eigenvalue weighted by Gasteiger charge is 2.61. The number of benzene rings is 4. The molecule has 7 atom stereocenters. The highest BCUT2D eigenvalue weighted by molar-refractivity contribution is 7.74. The zero-order chi connectivity index (χ0) is 65.0. The summed E-state index contributed by atoms with van der Waals surface area (Å²) in [5.74, 6) is -2.20. The van der Waals surface area contributed by atoms with Gasteiger partial charge in [-0.25, -0.2) is 4.79 Å². The van der Waals surface area contributed by atoms with Crippen LogP contribution in [-0.4, -0.2) is 83.4 Å². The molecule has 0 radical (unpaired) electrons. The maximum atomic E-state index is 16.1. The van der Waals surface area contributed by atoms with Crippen LogP contribution in [0, 0.1) is 0 Å². The van der Waals surface area contributed by atoms with Crippen LogP contribution in [0.2, 0.25) is 0 Å². The van der Waals surface area contributed by atoms with E-state index < -0.39 is 86.9 Å². The summed E-state index contributed by atoms with van der Waals surface area (Å²) in [6, 6.07) is 35.2. The lowest BCUT2D eigenvalue weighted by atomic mass is 9.92. The lowest BCUT2D eigenvalue weighted by Gasteiger charge is -2.49. The fraction of sp³-hybridized carbons (Fsp3) is 0.627. The van der Waals surface area contributed by atoms with Gasteiger partial charge < -0.3 is 48.5 Å². The second kappa shape index (κ2) is 45.8. The van der Waals surface area contributed by atoms with Crippen LogP contribution in [0.15, 0.2) is 121 Å². The Morgan fingerprint density at radius 3 is 1.41 bits per heavy atom. The number of hydrogen-bond donors (Lipinski definition) is 3. The summed E-state index contributed by atoms with van der Waals surface area (Å²) in [7, 11) is -4.36. The van der Waals surface area contributed by atoms with Gasteiger partial charge in [-0.2, -0.15) is 0 Å². The minimum Gasteiger partial charge on any atom is -0.462 e. The fourth-order valence-electron chi connectivity index (χ4n) is 11.7. The summed E-state index contributed by atoms with van der Waals surface area (Å²) in [6.45, 7) is 5.96. The van der Waals surface area contributed by atoms with E-state index in [0.29, 0.717) is 31.2 Å². The minimum atomic E-state index is -4.36. The van der Waals surface area contributed by atoms with E-state index >= 15 is 4.57 Å². The second-order valence-electron chi connectivity index (χ2n) is 24.9. The first-order valence-corrected chi connectivity index (χ1v) is 36.6. The molecule has 0 unspecified atom stereocenters. The smallest absolute Gasteiger partial charge is 0.462 e. The highest BCUT2D eigenvalue weighted by Crippen LogP contribution is 2.49. The first-order valence-electron chi connectivity index (χ1n) is 35.0. The zero-order valence-electron chi connectivity index (χ0n) is 55.4. The monoisotopic (exact) mass is 1280 g/mol. The number of carbonyl (C=O) groups is 4. The maximum absolute atomic E-state index is 16.1. The van der Waals surface area contributed by atoms with Crippen molar-refractivity contribution in [2.45, 2.75) is 295 Å². The van der Waals surface area contributed by atoms with Crippen LogP contribution in [0.1, 0.15) is 250 Å². The molecule has 1 fully saturated rings. The van der Waals surface area contributed by atoms with E-state index in [-0.39, 0.29) is 36.7 Å². The molecule has 0 aliphatic carbocycles. The number of aliphatic hydroxyl groups excluding tert-OH is 1. The number of ether oxygens (including phenoxy) is 6. The predicted octanol–water partition coefficient (Wildman–Crippen LogP) is 16.9. The Morgan fingerprint density at radius 2 is 0.934 bits per heavy atom. The third kappa shape index (κ3) is 30.0. The van der Waals surface area contributed by atoms with E-state index in [1.165, 1.54) is 96.3 Å². The third-order valence-electron chi connectivity index (χ3n) is 17.1. The van der Waals surface area contributed by atoms with Crippen molar-refractivity contribution in [3.05, 3.63) is 132 Å². The van der Waals surface area contributed by atoms with E-state index in [9.17, 15) is 29.4 Å². The molecule has 4 aromatic carbocycles. The number of nitrogens with one attached hydrogen (secondary N) is 1. The van der Waals surface area contributed by atoms with Crippen LogP contribution in [-0.2, 0) is 65.1 Å². The Balaban J connectivity index is 1.47. The SMILES string of the molecule is CCCCCCCCCCCCCC(=O)O[C@H](CCCCCCCCCCC)CC(=O)O[C@H]1[C@H](OP(=O)(c2ccccc2)c2ccccc2)[C@@H](COC(=O)OCc2ccccc2)O[C@H](O)[C@@]1(O)NC(=O)C[C@@H](CCCCCCCCCCC)OCc1ccccc1. The molecular formula is C75H112NO14P. The molecule has 0 bridgehead atoms. The van der Waals surface area contributed by atoms with Crippen molar-refractivity contribution >= 4 is 42.0 Å². The predicted molar refractivity (Wildman–Crippen MR) is 360 cm³/mol. The number of carbonyl (C=O) groups excluding carboxylic acids is 4. The fourth-order valence-corrected chi connectivity index (χ4v) is 14.0. The summed E-state index contributed by atoms with van der Waals surface area (Å²) >= 11 is 0. The molecule has 15 nitrogen and oxygen atoms in total. The van der Waals surface area contributed by atoms with Crippen molar-refractivity contribution in [2.75, 3.05) is 6.61 Å². The van der Waals surface area contributed by atoms with Gasteiger partial charge in [-0.05, 0) is 61.1 Å². The van der Waals surface area contributed by atoms with Gasteiger partial charge in [0, 0.05) is 17.0 Å². The molecule has 3 N–H and O–H groups in total. The Hall–Kier alpha value is -5.41. The van der Waals surface area contributed by atoms with E-state index in [2.05, 4.69) is 26.1 Å². The lowest BCUT2D eigenvalue weighted by molar-refractivity contribution is -0.334. The summed E-state index contributed by atoms with van der Waals surface area (Å²) in [4.78, 5) is 56.9. The molecule has 1 saturated heterocycles. The van der Waals surface area contributed by atoms with Gasteiger partial charge in [0.05, 0.1) is 25.6 Å². The Morgan fingerprint density at radius 1 is 0.516 bits per heavy atom. The topological polar surface area (TPSA) is 202 Å². The van der Waals surface area contributed by atoms with Crippen molar-refractivity contribution in [1.29, 1.82) is 0 Å². The minimum absolute atomic E-state index is 0.143. The first kappa shape index (κ1) is 76.3. The summed E-state index contributed by atoms with van der Waals surface area (Å²) in [6.07, 6.45) is 21.2. The molecule has 0 saturated carbocycles. The van der Waals surface area contributed by atoms with Crippen LogP contribution in [0.3, 0.4) is 0 Å². The average Bonchev–Trinajstić information content (AvgIpc) is 0.835. The summed E-state index contributed by atoms with van der Waals surface area (Å²) < 4.78 is 59.1. The largest absolute Gasteiger partial charge is 0.508 e. The van der Waals surface area contributed by atoms with E-state index in [1.54, 1.807) is 84.9 Å². The van der Waals surface area contributed by atoms with Crippen LogP contribution >= 0.6 is 7.37 Å². The molecule has 0 spiro atoms. The van der Waals surface area contributed by atoms with Crippen LogP contribution in [0.25, 0.3) is 0 Å². The Kier molecular flexibility index (Phi) is 38.4. The molecule has 91 heavy (non-hydrogen) atoms. The molecule has 5 rings (SSSR count). The van der Waals surface area contributed by atoms with Crippen LogP contribution in [0.4, 0.5) is 4.79 Å². The molecule has 1 amide bonds. The first-order chi connectivity index (χ1) is 44.4. The molecule has 1 heterocycles. The summed E-state index contributed by atoms with van der Waals surface area (Å²) in [5, 5.41) is 28.5. The average molecular weight is 1280 g/mol. The van der Waals surface area contributed by atoms with E-state index in [1.807, 2.05) is 36.4 Å². The van der Waals surface area contributed by atoms with Gasteiger partial charge in [0.2, 0.25) is 17.9 Å². The van der Waals surface area contributed by atoms with Gasteiger partial charge in [-0.3, -0.25) is 18.9 Å². The second-order valence-corrected chi connectivity index (χ2v) is 27.2. The zero-order valence-corrected chi connectivity index (χ0v) is 56.3. The van der Waals surface area contributed by atoms with Gasteiger partial charge in [-0.1, -0.05) is 291 Å². The number of unbranched alkanes of at least 4 members (excludes halogenated alkanes) is 26. The van der Waals surface area contributed by atoms with Gasteiger partial charge in [0.1, 0.15) is 31.5 Å².